The number of aromatic nitrogens is 1. The van der Waals surface area contributed by atoms with Gasteiger partial charge in [-0.2, -0.15) is 0 Å². The summed E-state index contributed by atoms with van der Waals surface area (Å²) in [6.45, 7) is 11.8. The molecule has 0 aliphatic rings. The molecule has 30 heavy (non-hydrogen) atoms. The molecule has 4 nitrogen and oxygen atoms in total. The van der Waals surface area contributed by atoms with Crippen molar-refractivity contribution in [3.8, 4) is 11.1 Å². The Kier molecular flexibility index (Phi) is 7.04. The molecule has 0 aliphatic carbocycles. The average molecular weight is 426 g/mol. The number of hydrogen-bond acceptors (Lipinski definition) is 3. The van der Waals surface area contributed by atoms with Gasteiger partial charge in [0.05, 0.1) is 11.1 Å². The number of H-pyrrole nitrogens is 1. The molecule has 162 valence electrons. The minimum atomic E-state index is -0.386. The molecule has 1 amide bonds. The first-order valence-corrected chi connectivity index (χ1v) is 11.9. The van der Waals surface area contributed by atoms with Crippen molar-refractivity contribution >= 4 is 28.1 Å². The molecule has 0 bridgehead atoms. The molecule has 0 unspecified atom stereocenters. The Morgan fingerprint density at radius 1 is 1.13 bits per heavy atom. The van der Waals surface area contributed by atoms with Crippen LogP contribution in [0, 0.1) is 0 Å². The minimum Gasteiger partial charge on any atom is -0.366 e. The van der Waals surface area contributed by atoms with Gasteiger partial charge in [-0.25, -0.2) is 0 Å². The number of carbonyl (C=O) groups excluding carboxylic acids is 1. The second-order valence-electron chi connectivity index (χ2n) is 9.23. The summed E-state index contributed by atoms with van der Waals surface area (Å²) in [6.07, 6.45) is 6.68. The number of benzene rings is 1. The van der Waals surface area contributed by atoms with Crippen LogP contribution in [0.15, 0.2) is 29.8 Å². The van der Waals surface area contributed by atoms with E-state index in [2.05, 4.69) is 68.6 Å². The number of thiophene rings is 1. The number of carbonyl (C=O) groups is 1. The van der Waals surface area contributed by atoms with E-state index in [9.17, 15) is 4.79 Å². The standard InChI is InChI=1S/C25H35N3OS/c1-6-8-16(9-7-2)22-14-27-23-20(22)11-17(12-21(23)24(26)29)18-10-19(30-15-18)13-28-25(3,4)5/h10-12,14-16,27-28H,6-9,13H2,1-5H3,(H2,26,29). The largest absolute Gasteiger partial charge is 0.366 e. The molecule has 3 aromatic rings. The van der Waals surface area contributed by atoms with Crippen molar-refractivity contribution in [3.63, 3.8) is 0 Å². The van der Waals surface area contributed by atoms with Crippen LogP contribution in [0.5, 0.6) is 0 Å². The van der Waals surface area contributed by atoms with Crippen molar-refractivity contribution < 1.29 is 4.79 Å². The van der Waals surface area contributed by atoms with Crippen LogP contribution in [0.3, 0.4) is 0 Å². The molecule has 5 heteroatoms. The molecule has 0 spiro atoms. The van der Waals surface area contributed by atoms with Gasteiger partial charge < -0.3 is 16.0 Å². The van der Waals surface area contributed by atoms with Crippen LogP contribution in [-0.4, -0.2) is 16.4 Å². The lowest BCUT2D eigenvalue weighted by Gasteiger charge is -2.19. The lowest BCUT2D eigenvalue weighted by Crippen LogP contribution is -2.34. The van der Waals surface area contributed by atoms with Gasteiger partial charge >= 0.3 is 0 Å². The Morgan fingerprint density at radius 2 is 1.83 bits per heavy atom. The topological polar surface area (TPSA) is 70.9 Å². The van der Waals surface area contributed by atoms with Crippen molar-refractivity contribution in [2.24, 2.45) is 5.73 Å². The van der Waals surface area contributed by atoms with Gasteiger partial charge in [-0.05, 0) is 79.8 Å². The van der Waals surface area contributed by atoms with E-state index in [1.165, 1.54) is 10.4 Å². The van der Waals surface area contributed by atoms with Gasteiger partial charge in [0, 0.05) is 28.5 Å². The predicted molar refractivity (Wildman–Crippen MR) is 129 cm³/mol. The van der Waals surface area contributed by atoms with Crippen LogP contribution in [0.1, 0.15) is 87.0 Å². The number of nitrogens with one attached hydrogen (secondary N) is 2. The molecule has 0 fully saturated rings. The van der Waals surface area contributed by atoms with Gasteiger partial charge in [-0.1, -0.05) is 26.7 Å². The van der Waals surface area contributed by atoms with Gasteiger partial charge in [0.1, 0.15) is 0 Å². The van der Waals surface area contributed by atoms with Crippen LogP contribution in [0.2, 0.25) is 0 Å². The highest BCUT2D eigenvalue weighted by Gasteiger charge is 2.19. The zero-order chi connectivity index (χ0) is 21.9. The molecular formula is C25H35N3OS. The van der Waals surface area contributed by atoms with Gasteiger partial charge in [-0.15, -0.1) is 11.3 Å². The van der Waals surface area contributed by atoms with Gasteiger partial charge in [0.15, 0.2) is 0 Å². The molecule has 0 saturated carbocycles. The van der Waals surface area contributed by atoms with Crippen molar-refractivity contribution in [2.45, 2.75) is 78.3 Å². The highest BCUT2D eigenvalue weighted by atomic mass is 32.1. The van der Waals surface area contributed by atoms with E-state index in [1.54, 1.807) is 11.3 Å². The zero-order valence-corrected chi connectivity index (χ0v) is 19.7. The van der Waals surface area contributed by atoms with E-state index in [0.717, 1.165) is 54.3 Å². The number of rotatable bonds is 9. The molecule has 0 radical (unpaired) electrons. The van der Waals surface area contributed by atoms with E-state index in [4.69, 9.17) is 5.73 Å². The second-order valence-corrected chi connectivity index (χ2v) is 10.2. The Bertz CT molecular complexity index is 1000. The molecule has 0 aliphatic heterocycles. The van der Waals surface area contributed by atoms with E-state index >= 15 is 0 Å². The van der Waals surface area contributed by atoms with Crippen molar-refractivity contribution in [1.82, 2.24) is 10.3 Å². The molecule has 2 aromatic heterocycles. The fraction of sp³-hybridized carbons (Fsp3) is 0.480. The summed E-state index contributed by atoms with van der Waals surface area (Å²) in [5.74, 6) is 0.112. The molecule has 1 aromatic carbocycles. The molecule has 2 heterocycles. The van der Waals surface area contributed by atoms with Crippen molar-refractivity contribution in [3.05, 3.63) is 45.8 Å². The first kappa shape index (κ1) is 22.6. The molecule has 0 atom stereocenters. The quantitative estimate of drug-likeness (QED) is 0.363. The van der Waals surface area contributed by atoms with Gasteiger partial charge in [0.2, 0.25) is 0 Å². The number of aromatic amines is 1. The number of nitrogens with two attached hydrogens (primary N) is 1. The maximum Gasteiger partial charge on any atom is 0.250 e. The summed E-state index contributed by atoms with van der Waals surface area (Å²) in [5.41, 5.74) is 10.8. The first-order chi connectivity index (χ1) is 14.2. The summed E-state index contributed by atoms with van der Waals surface area (Å²) >= 11 is 1.75. The number of fused-ring (bicyclic) bond motifs is 1. The third-order valence-corrected chi connectivity index (χ3v) is 6.52. The van der Waals surface area contributed by atoms with Crippen LogP contribution in [0.25, 0.3) is 22.0 Å². The first-order valence-electron chi connectivity index (χ1n) is 11.0. The summed E-state index contributed by atoms with van der Waals surface area (Å²) in [5, 5.41) is 6.85. The Labute approximate surface area is 184 Å². The van der Waals surface area contributed by atoms with Gasteiger partial charge in [-0.3, -0.25) is 4.79 Å². The Hall–Kier alpha value is -2.11. The summed E-state index contributed by atoms with van der Waals surface area (Å²) in [4.78, 5) is 16.9. The van der Waals surface area contributed by atoms with Crippen LogP contribution in [0.4, 0.5) is 0 Å². The smallest absolute Gasteiger partial charge is 0.250 e. The van der Waals surface area contributed by atoms with Crippen molar-refractivity contribution in [1.29, 1.82) is 0 Å². The number of amides is 1. The third-order valence-electron chi connectivity index (χ3n) is 5.58. The summed E-state index contributed by atoms with van der Waals surface area (Å²) in [7, 11) is 0. The lowest BCUT2D eigenvalue weighted by atomic mass is 9.89. The van der Waals surface area contributed by atoms with Crippen LogP contribution < -0.4 is 11.1 Å². The van der Waals surface area contributed by atoms with E-state index in [1.807, 2.05) is 6.07 Å². The van der Waals surface area contributed by atoms with Crippen molar-refractivity contribution in [2.75, 3.05) is 0 Å². The fourth-order valence-corrected chi connectivity index (χ4v) is 4.91. The molecule has 3 rings (SSSR count). The third kappa shape index (κ3) is 5.13. The molecular weight excluding hydrogens is 390 g/mol. The Balaban J connectivity index is 2.04. The monoisotopic (exact) mass is 425 g/mol. The van der Waals surface area contributed by atoms with E-state index in [0.29, 0.717) is 11.5 Å². The number of hydrogen-bond donors (Lipinski definition) is 3. The minimum absolute atomic E-state index is 0.0792. The molecule has 4 N–H and O–H groups in total. The lowest BCUT2D eigenvalue weighted by molar-refractivity contribution is 0.100. The highest BCUT2D eigenvalue weighted by molar-refractivity contribution is 7.10. The predicted octanol–water partition coefficient (Wildman–Crippen LogP) is 6.57. The molecule has 0 saturated heterocycles. The van der Waals surface area contributed by atoms with Crippen LogP contribution >= 0.6 is 11.3 Å². The van der Waals surface area contributed by atoms with E-state index < -0.39 is 0 Å². The van der Waals surface area contributed by atoms with E-state index in [-0.39, 0.29) is 11.4 Å². The normalized spacial score (nSPS) is 12.2. The number of primary amides is 1. The second kappa shape index (κ2) is 9.36. The van der Waals surface area contributed by atoms with Gasteiger partial charge in [0.25, 0.3) is 5.91 Å². The Morgan fingerprint density at radius 3 is 2.43 bits per heavy atom. The zero-order valence-electron chi connectivity index (χ0n) is 18.9. The maximum atomic E-state index is 12.2. The fourth-order valence-electron chi connectivity index (χ4n) is 4.08. The average Bonchev–Trinajstić information content (AvgIpc) is 3.32. The maximum absolute atomic E-state index is 12.2. The van der Waals surface area contributed by atoms with Crippen LogP contribution in [-0.2, 0) is 6.54 Å². The summed E-state index contributed by atoms with van der Waals surface area (Å²) < 4.78 is 0. The highest BCUT2D eigenvalue weighted by Crippen LogP contribution is 2.37. The SMILES string of the molecule is CCCC(CCC)c1c[nH]c2c(C(N)=O)cc(-c3csc(CNC(C)(C)C)c3)cc12. The summed E-state index contributed by atoms with van der Waals surface area (Å²) in [6, 6.07) is 6.38.